The number of carbonyl (C=O) groups is 1. The first kappa shape index (κ1) is 14.7. The standard InChI is InChI=1S/C18H21NO3/c1-3-8-21-16-10-14(11-17-15(16)6-9-22-17)18(20)19-7-4-5-13(2)12-19/h3,6,9-11,13H,1,4-5,7-8,12H2,2H3. The van der Waals surface area contributed by atoms with Gasteiger partial charge in [0.15, 0.2) is 0 Å². The van der Waals surface area contributed by atoms with Gasteiger partial charge in [-0.05, 0) is 37.0 Å². The second-order valence-electron chi connectivity index (χ2n) is 5.91. The van der Waals surface area contributed by atoms with Gasteiger partial charge in [-0.2, -0.15) is 0 Å². The van der Waals surface area contributed by atoms with E-state index in [1.165, 1.54) is 6.42 Å². The molecule has 1 aliphatic rings. The summed E-state index contributed by atoms with van der Waals surface area (Å²) in [6.45, 7) is 7.89. The predicted octanol–water partition coefficient (Wildman–Crippen LogP) is 3.87. The smallest absolute Gasteiger partial charge is 0.254 e. The summed E-state index contributed by atoms with van der Waals surface area (Å²) in [6.07, 6.45) is 5.56. The van der Waals surface area contributed by atoms with E-state index in [1.807, 2.05) is 17.0 Å². The SMILES string of the molecule is C=CCOc1cc(C(=O)N2CCCC(C)C2)cc2occc12. The number of rotatable bonds is 4. The van der Waals surface area contributed by atoms with Crippen LogP contribution in [0.1, 0.15) is 30.1 Å². The number of piperidine rings is 1. The van der Waals surface area contributed by atoms with Crippen molar-refractivity contribution in [2.75, 3.05) is 19.7 Å². The fraction of sp³-hybridized carbons (Fsp3) is 0.389. The third kappa shape index (κ3) is 2.86. The first-order chi connectivity index (χ1) is 10.7. The van der Waals surface area contributed by atoms with Crippen LogP contribution in [0.2, 0.25) is 0 Å². The average molecular weight is 299 g/mol. The Hall–Kier alpha value is -2.23. The molecular weight excluding hydrogens is 278 g/mol. The van der Waals surface area contributed by atoms with E-state index in [2.05, 4.69) is 13.5 Å². The van der Waals surface area contributed by atoms with E-state index in [0.717, 1.165) is 24.9 Å². The van der Waals surface area contributed by atoms with Crippen LogP contribution in [0.3, 0.4) is 0 Å². The minimum absolute atomic E-state index is 0.0494. The van der Waals surface area contributed by atoms with Gasteiger partial charge in [0.25, 0.3) is 5.91 Å². The van der Waals surface area contributed by atoms with Gasteiger partial charge in [-0.3, -0.25) is 4.79 Å². The van der Waals surface area contributed by atoms with Crippen LogP contribution in [-0.4, -0.2) is 30.5 Å². The van der Waals surface area contributed by atoms with E-state index < -0.39 is 0 Å². The van der Waals surface area contributed by atoms with Gasteiger partial charge in [0, 0.05) is 18.7 Å². The molecule has 0 radical (unpaired) electrons. The van der Waals surface area contributed by atoms with E-state index in [9.17, 15) is 4.79 Å². The fourth-order valence-electron chi connectivity index (χ4n) is 2.99. The molecule has 4 heteroatoms. The van der Waals surface area contributed by atoms with Crippen LogP contribution < -0.4 is 4.74 Å². The zero-order valence-electron chi connectivity index (χ0n) is 12.9. The maximum atomic E-state index is 12.7. The summed E-state index contributed by atoms with van der Waals surface area (Å²) in [5.41, 5.74) is 1.30. The first-order valence-corrected chi connectivity index (χ1v) is 7.73. The van der Waals surface area contributed by atoms with E-state index >= 15 is 0 Å². The second kappa shape index (κ2) is 6.26. The van der Waals surface area contributed by atoms with Crippen LogP contribution in [0.4, 0.5) is 0 Å². The highest BCUT2D eigenvalue weighted by Gasteiger charge is 2.23. The highest BCUT2D eigenvalue weighted by atomic mass is 16.5. The lowest BCUT2D eigenvalue weighted by atomic mass is 9.99. The summed E-state index contributed by atoms with van der Waals surface area (Å²) in [4.78, 5) is 14.7. The van der Waals surface area contributed by atoms with Gasteiger partial charge in [-0.1, -0.05) is 19.6 Å². The average Bonchev–Trinajstić information content (AvgIpc) is 3.00. The number of furan rings is 1. The zero-order valence-corrected chi connectivity index (χ0v) is 12.9. The topological polar surface area (TPSA) is 42.7 Å². The molecule has 4 nitrogen and oxygen atoms in total. The molecule has 0 aliphatic carbocycles. The van der Waals surface area contributed by atoms with Crippen LogP contribution >= 0.6 is 0 Å². The molecule has 1 amide bonds. The number of fused-ring (bicyclic) bond motifs is 1. The van der Waals surface area contributed by atoms with Crippen LogP contribution in [0.25, 0.3) is 11.0 Å². The molecule has 0 bridgehead atoms. The Kier molecular flexibility index (Phi) is 4.18. The molecule has 1 fully saturated rings. The Balaban J connectivity index is 1.92. The summed E-state index contributed by atoms with van der Waals surface area (Å²) in [7, 11) is 0. The molecule has 0 spiro atoms. The quantitative estimate of drug-likeness (QED) is 0.805. The largest absolute Gasteiger partial charge is 0.489 e. The molecule has 1 atom stereocenters. The Morgan fingerprint density at radius 1 is 1.55 bits per heavy atom. The molecule has 2 aromatic rings. The van der Waals surface area contributed by atoms with Crippen LogP contribution in [0.15, 0.2) is 41.5 Å². The summed E-state index contributed by atoms with van der Waals surface area (Å²) < 4.78 is 11.1. The van der Waals surface area contributed by atoms with E-state index in [1.54, 1.807) is 18.4 Å². The van der Waals surface area contributed by atoms with Gasteiger partial charge in [0.2, 0.25) is 0 Å². The Morgan fingerprint density at radius 2 is 2.41 bits per heavy atom. The molecule has 1 aromatic heterocycles. The lowest BCUT2D eigenvalue weighted by Gasteiger charge is -2.31. The summed E-state index contributed by atoms with van der Waals surface area (Å²) in [5.74, 6) is 1.27. The van der Waals surface area contributed by atoms with Crippen molar-refractivity contribution in [3.8, 4) is 5.75 Å². The van der Waals surface area contributed by atoms with Gasteiger partial charge in [-0.25, -0.2) is 0 Å². The number of hydrogen-bond donors (Lipinski definition) is 0. The van der Waals surface area contributed by atoms with E-state index in [0.29, 0.717) is 29.4 Å². The van der Waals surface area contributed by atoms with Crippen molar-refractivity contribution in [1.82, 2.24) is 4.90 Å². The predicted molar refractivity (Wildman–Crippen MR) is 86.2 cm³/mol. The van der Waals surface area contributed by atoms with Crippen molar-refractivity contribution in [1.29, 1.82) is 0 Å². The maximum Gasteiger partial charge on any atom is 0.254 e. The first-order valence-electron chi connectivity index (χ1n) is 7.73. The summed E-state index contributed by atoms with van der Waals surface area (Å²) in [6, 6.07) is 5.46. The van der Waals surface area contributed by atoms with Gasteiger partial charge < -0.3 is 14.1 Å². The second-order valence-corrected chi connectivity index (χ2v) is 5.91. The normalized spacial score (nSPS) is 18.4. The molecular formula is C18H21NO3. The molecule has 1 aliphatic heterocycles. The zero-order chi connectivity index (χ0) is 15.5. The molecule has 2 heterocycles. The van der Waals surface area contributed by atoms with Crippen molar-refractivity contribution < 1.29 is 13.9 Å². The maximum absolute atomic E-state index is 12.7. The van der Waals surface area contributed by atoms with Crippen molar-refractivity contribution in [3.05, 3.63) is 42.7 Å². The molecule has 116 valence electrons. The van der Waals surface area contributed by atoms with Gasteiger partial charge >= 0.3 is 0 Å². The van der Waals surface area contributed by atoms with E-state index in [-0.39, 0.29) is 5.91 Å². The lowest BCUT2D eigenvalue weighted by molar-refractivity contribution is 0.0682. The summed E-state index contributed by atoms with van der Waals surface area (Å²) >= 11 is 0. The number of ether oxygens (including phenoxy) is 1. The van der Waals surface area contributed by atoms with Crippen molar-refractivity contribution in [3.63, 3.8) is 0 Å². The number of carbonyl (C=O) groups excluding carboxylic acids is 1. The minimum Gasteiger partial charge on any atom is -0.489 e. The fourth-order valence-corrected chi connectivity index (χ4v) is 2.99. The highest BCUT2D eigenvalue weighted by Crippen LogP contribution is 2.30. The molecule has 0 saturated carbocycles. The van der Waals surface area contributed by atoms with Crippen molar-refractivity contribution >= 4 is 16.9 Å². The summed E-state index contributed by atoms with van der Waals surface area (Å²) in [5, 5.41) is 0.880. The van der Waals surface area contributed by atoms with E-state index in [4.69, 9.17) is 9.15 Å². The van der Waals surface area contributed by atoms with Crippen molar-refractivity contribution in [2.45, 2.75) is 19.8 Å². The number of likely N-dealkylation sites (tertiary alicyclic amines) is 1. The van der Waals surface area contributed by atoms with Crippen LogP contribution in [0.5, 0.6) is 5.75 Å². The van der Waals surface area contributed by atoms with Gasteiger partial charge in [0.05, 0.1) is 11.6 Å². The van der Waals surface area contributed by atoms with Gasteiger partial charge in [0.1, 0.15) is 17.9 Å². The van der Waals surface area contributed by atoms with Crippen molar-refractivity contribution in [2.24, 2.45) is 5.92 Å². The Bertz CT molecular complexity index is 689. The van der Waals surface area contributed by atoms with Crippen LogP contribution in [-0.2, 0) is 0 Å². The minimum atomic E-state index is 0.0494. The third-order valence-electron chi connectivity index (χ3n) is 4.08. The Labute approximate surface area is 130 Å². The molecule has 22 heavy (non-hydrogen) atoms. The molecule has 0 N–H and O–H groups in total. The number of nitrogens with zero attached hydrogens (tertiary/aromatic N) is 1. The number of hydrogen-bond acceptors (Lipinski definition) is 3. The molecule has 1 unspecified atom stereocenters. The van der Waals surface area contributed by atoms with Gasteiger partial charge in [-0.15, -0.1) is 0 Å². The lowest BCUT2D eigenvalue weighted by Crippen LogP contribution is -2.39. The number of benzene rings is 1. The molecule has 1 saturated heterocycles. The Morgan fingerprint density at radius 3 is 3.18 bits per heavy atom. The highest BCUT2D eigenvalue weighted by molar-refractivity contribution is 5.99. The third-order valence-corrected chi connectivity index (χ3v) is 4.08. The molecule has 1 aromatic carbocycles. The van der Waals surface area contributed by atoms with Crippen LogP contribution in [0, 0.1) is 5.92 Å². The monoisotopic (exact) mass is 299 g/mol. The molecule has 3 rings (SSSR count). The number of amides is 1.